The summed E-state index contributed by atoms with van der Waals surface area (Å²) in [5.41, 5.74) is 2.43. The number of carbonyl (C=O) groups excluding carboxylic acids is 1. The number of hydrogen-bond acceptors (Lipinski definition) is 2. The third-order valence-corrected chi connectivity index (χ3v) is 5.14. The first-order valence-electron chi connectivity index (χ1n) is 6.25. The molecule has 0 saturated heterocycles. The van der Waals surface area contributed by atoms with Gasteiger partial charge in [-0.15, -0.1) is 11.3 Å². The summed E-state index contributed by atoms with van der Waals surface area (Å²) in [5, 5.41) is 0. The van der Waals surface area contributed by atoms with Gasteiger partial charge in [0.1, 0.15) is 4.34 Å². The van der Waals surface area contributed by atoms with Crippen molar-refractivity contribution in [3.05, 3.63) is 55.7 Å². The van der Waals surface area contributed by atoms with Crippen LogP contribution in [-0.4, -0.2) is 5.78 Å². The Kier molecular flexibility index (Phi) is 3.66. The van der Waals surface area contributed by atoms with Crippen LogP contribution in [0.2, 0.25) is 8.67 Å². The molecule has 19 heavy (non-hydrogen) atoms. The Morgan fingerprint density at radius 2 is 1.89 bits per heavy atom. The molecule has 98 valence electrons. The first-order valence-corrected chi connectivity index (χ1v) is 7.82. The van der Waals surface area contributed by atoms with Crippen molar-refractivity contribution in [2.45, 2.75) is 25.2 Å². The van der Waals surface area contributed by atoms with Crippen LogP contribution in [0, 0.1) is 0 Å². The minimum Gasteiger partial charge on any atom is -0.289 e. The van der Waals surface area contributed by atoms with Crippen molar-refractivity contribution in [2.24, 2.45) is 0 Å². The molecule has 0 N–H and O–H groups in total. The summed E-state index contributed by atoms with van der Waals surface area (Å²) in [7, 11) is 0. The molecule has 0 spiro atoms. The topological polar surface area (TPSA) is 17.1 Å². The first kappa shape index (κ1) is 13.2. The number of thiophene rings is 1. The monoisotopic (exact) mass is 310 g/mol. The molecule has 0 aliphatic heterocycles. The van der Waals surface area contributed by atoms with E-state index in [1.165, 1.54) is 30.6 Å². The maximum Gasteiger partial charge on any atom is 0.195 e. The summed E-state index contributed by atoms with van der Waals surface area (Å²) in [6.07, 6.45) is 3.59. The molecule has 1 aliphatic rings. The van der Waals surface area contributed by atoms with E-state index in [0.717, 1.165) is 11.1 Å². The quantitative estimate of drug-likeness (QED) is 0.679. The summed E-state index contributed by atoms with van der Waals surface area (Å²) < 4.78 is 1.02. The average molecular weight is 311 g/mol. The maximum atomic E-state index is 12.6. The van der Waals surface area contributed by atoms with Crippen LogP contribution >= 0.6 is 34.5 Å². The number of rotatable bonds is 3. The van der Waals surface area contributed by atoms with Crippen molar-refractivity contribution in [2.75, 3.05) is 0 Å². The molecule has 1 saturated carbocycles. The van der Waals surface area contributed by atoms with Gasteiger partial charge in [-0.1, -0.05) is 53.9 Å². The lowest BCUT2D eigenvalue weighted by atomic mass is 9.77. The summed E-state index contributed by atoms with van der Waals surface area (Å²) in [4.78, 5) is 12.6. The van der Waals surface area contributed by atoms with Crippen LogP contribution in [0.1, 0.15) is 46.7 Å². The lowest BCUT2D eigenvalue weighted by Crippen LogP contribution is -2.14. The van der Waals surface area contributed by atoms with Crippen molar-refractivity contribution >= 4 is 40.3 Å². The summed E-state index contributed by atoms with van der Waals surface area (Å²) >= 11 is 13.2. The molecule has 1 heterocycles. The van der Waals surface area contributed by atoms with Crippen molar-refractivity contribution in [3.63, 3.8) is 0 Å². The predicted octanol–water partition coefficient (Wildman–Crippen LogP) is 5.55. The molecule has 2 aromatic rings. The van der Waals surface area contributed by atoms with E-state index in [1.54, 1.807) is 6.07 Å². The Labute approximate surface area is 126 Å². The van der Waals surface area contributed by atoms with Crippen LogP contribution in [0.5, 0.6) is 0 Å². The zero-order valence-corrected chi connectivity index (χ0v) is 12.5. The highest BCUT2D eigenvalue weighted by molar-refractivity contribution is 7.20. The fraction of sp³-hybridized carbons (Fsp3) is 0.267. The van der Waals surface area contributed by atoms with E-state index >= 15 is 0 Å². The minimum absolute atomic E-state index is 0.0179. The molecule has 0 radical (unpaired) electrons. The van der Waals surface area contributed by atoms with Gasteiger partial charge in [-0.2, -0.15) is 0 Å². The third kappa shape index (κ3) is 2.45. The largest absolute Gasteiger partial charge is 0.289 e. The number of halogens is 2. The Bertz CT molecular complexity index is 629. The first-order chi connectivity index (χ1) is 9.16. The molecule has 0 unspecified atom stereocenters. The highest BCUT2D eigenvalue weighted by Crippen LogP contribution is 2.39. The SMILES string of the molecule is O=C(c1ccccc1C1CCC1)c1cc(Cl)sc1Cl. The lowest BCUT2D eigenvalue weighted by Gasteiger charge is -2.27. The molecule has 0 atom stereocenters. The molecule has 1 aromatic carbocycles. The van der Waals surface area contributed by atoms with Gasteiger partial charge in [0, 0.05) is 5.56 Å². The van der Waals surface area contributed by atoms with E-state index in [9.17, 15) is 4.79 Å². The average Bonchev–Trinajstić information content (AvgIpc) is 2.66. The van der Waals surface area contributed by atoms with Gasteiger partial charge in [0.15, 0.2) is 5.78 Å². The van der Waals surface area contributed by atoms with Crippen molar-refractivity contribution in [1.29, 1.82) is 0 Å². The van der Waals surface area contributed by atoms with E-state index in [0.29, 0.717) is 20.2 Å². The number of carbonyl (C=O) groups is 1. The van der Waals surface area contributed by atoms with Crippen LogP contribution < -0.4 is 0 Å². The van der Waals surface area contributed by atoms with Crippen molar-refractivity contribution in [3.8, 4) is 0 Å². The van der Waals surface area contributed by atoms with E-state index in [-0.39, 0.29) is 5.78 Å². The van der Waals surface area contributed by atoms with Crippen molar-refractivity contribution in [1.82, 2.24) is 0 Å². The van der Waals surface area contributed by atoms with E-state index < -0.39 is 0 Å². The fourth-order valence-electron chi connectivity index (χ4n) is 2.42. The van der Waals surface area contributed by atoms with E-state index in [4.69, 9.17) is 23.2 Å². The molecular weight excluding hydrogens is 299 g/mol. The molecule has 1 nitrogen and oxygen atoms in total. The van der Waals surface area contributed by atoms with Crippen LogP contribution in [0.15, 0.2) is 30.3 Å². The zero-order chi connectivity index (χ0) is 13.4. The normalized spacial score (nSPS) is 15.3. The molecular formula is C15H12Cl2OS. The van der Waals surface area contributed by atoms with Crippen LogP contribution in [0.3, 0.4) is 0 Å². The Balaban J connectivity index is 2.02. The Morgan fingerprint density at radius 1 is 1.16 bits per heavy atom. The van der Waals surface area contributed by atoms with Gasteiger partial charge < -0.3 is 0 Å². The number of benzene rings is 1. The smallest absolute Gasteiger partial charge is 0.195 e. The van der Waals surface area contributed by atoms with Gasteiger partial charge in [0.2, 0.25) is 0 Å². The second-order valence-electron chi connectivity index (χ2n) is 4.78. The fourth-order valence-corrected chi connectivity index (χ4v) is 3.88. The van der Waals surface area contributed by atoms with Gasteiger partial charge in [0.25, 0.3) is 0 Å². The molecule has 0 bridgehead atoms. The summed E-state index contributed by atoms with van der Waals surface area (Å²) in [6, 6.07) is 9.50. The summed E-state index contributed by atoms with van der Waals surface area (Å²) in [6.45, 7) is 0. The molecule has 0 amide bonds. The highest BCUT2D eigenvalue weighted by atomic mass is 35.5. The Morgan fingerprint density at radius 3 is 2.47 bits per heavy atom. The molecule has 1 aliphatic carbocycles. The van der Waals surface area contributed by atoms with Gasteiger partial charge in [0.05, 0.1) is 9.90 Å². The molecule has 1 fully saturated rings. The lowest BCUT2D eigenvalue weighted by molar-refractivity contribution is 0.103. The third-order valence-electron chi connectivity index (χ3n) is 3.65. The van der Waals surface area contributed by atoms with Gasteiger partial charge in [-0.25, -0.2) is 0 Å². The predicted molar refractivity (Wildman–Crippen MR) is 80.8 cm³/mol. The second kappa shape index (κ2) is 5.28. The zero-order valence-electron chi connectivity index (χ0n) is 10.2. The minimum atomic E-state index is -0.0179. The van der Waals surface area contributed by atoms with Crippen LogP contribution in [-0.2, 0) is 0 Å². The van der Waals surface area contributed by atoms with Crippen molar-refractivity contribution < 1.29 is 4.79 Å². The van der Waals surface area contributed by atoms with E-state index in [1.807, 2.05) is 18.2 Å². The molecule has 1 aromatic heterocycles. The second-order valence-corrected chi connectivity index (χ2v) is 7.07. The molecule has 4 heteroatoms. The van der Waals surface area contributed by atoms with E-state index in [2.05, 4.69) is 6.07 Å². The van der Waals surface area contributed by atoms with Crippen LogP contribution in [0.4, 0.5) is 0 Å². The van der Waals surface area contributed by atoms with Gasteiger partial charge in [-0.3, -0.25) is 4.79 Å². The maximum absolute atomic E-state index is 12.6. The summed E-state index contributed by atoms with van der Waals surface area (Å²) in [5.74, 6) is 0.503. The van der Waals surface area contributed by atoms with Crippen LogP contribution in [0.25, 0.3) is 0 Å². The number of ketones is 1. The number of hydrogen-bond donors (Lipinski definition) is 0. The standard InChI is InChI=1S/C15H12Cl2OS/c16-13-8-12(15(17)19-13)14(18)11-7-2-1-6-10(11)9-4-3-5-9/h1-2,6-9H,3-5H2. The van der Waals surface area contributed by atoms with Gasteiger partial charge in [-0.05, 0) is 30.4 Å². The van der Waals surface area contributed by atoms with Gasteiger partial charge >= 0.3 is 0 Å². The molecule has 3 rings (SSSR count). The Hall–Kier alpha value is -0.830. The highest BCUT2D eigenvalue weighted by Gasteiger charge is 2.26.